The van der Waals surface area contributed by atoms with Gasteiger partial charge in [0.25, 0.3) is 5.91 Å². The largest absolute Gasteiger partial charge is 0.357 e. The molecular formula is C16H25N3OS. The molecule has 1 aliphatic rings. The molecule has 1 saturated heterocycles. The summed E-state index contributed by atoms with van der Waals surface area (Å²) in [6, 6.07) is 4.04. The molecule has 2 heterocycles. The highest BCUT2D eigenvalue weighted by Gasteiger charge is 2.15. The number of aromatic nitrogens is 1. The SMILES string of the molecule is CCSCCC(C)NC(=O)c1ccc(N2CCCC2)nc1. The lowest BCUT2D eigenvalue weighted by atomic mass is 10.2. The molecule has 116 valence electrons. The second-order valence-electron chi connectivity index (χ2n) is 5.46. The Bertz CT molecular complexity index is 443. The van der Waals surface area contributed by atoms with Gasteiger partial charge in [-0.1, -0.05) is 6.92 Å². The van der Waals surface area contributed by atoms with Crippen LogP contribution < -0.4 is 10.2 Å². The maximum absolute atomic E-state index is 12.1. The number of rotatable bonds is 7. The highest BCUT2D eigenvalue weighted by atomic mass is 32.2. The van der Waals surface area contributed by atoms with Gasteiger partial charge in [0.15, 0.2) is 0 Å². The maximum Gasteiger partial charge on any atom is 0.253 e. The van der Waals surface area contributed by atoms with E-state index in [1.54, 1.807) is 6.20 Å². The Hall–Kier alpha value is -1.23. The van der Waals surface area contributed by atoms with E-state index in [1.807, 2.05) is 23.9 Å². The molecular weight excluding hydrogens is 282 g/mol. The molecule has 1 aromatic rings. The molecule has 0 aromatic carbocycles. The van der Waals surface area contributed by atoms with Crippen LogP contribution in [-0.4, -0.2) is 41.5 Å². The Balaban J connectivity index is 1.84. The Kier molecular flexibility index (Phi) is 6.36. The molecule has 4 nitrogen and oxygen atoms in total. The van der Waals surface area contributed by atoms with Crippen molar-refractivity contribution < 1.29 is 4.79 Å². The lowest BCUT2D eigenvalue weighted by molar-refractivity contribution is 0.0939. The zero-order valence-corrected chi connectivity index (χ0v) is 13.8. The minimum Gasteiger partial charge on any atom is -0.357 e. The number of pyridine rings is 1. The van der Waals surface area contributed by atoms with E-state index in [4.69, 9.17) is 0 Å². The fourth-order valence-electron chi connectivity index (χ4n) is 2.44. The van der Waals surface area contributed by atoms with Crippen molar-refractivity contribution in [2.75, 3.05) is 29.5 Å². The number of carbonyl (C=O) groups is 1. The third-order valence-corrected chi connectivity index (χ3v) is 4.65. The van der Waals surface area contributed by atoms with Crippen molar-refractivity contribution in [3.05, 3.63) is 23.9 Å². The van der Waals surface area contributed by atoms with E-state index < -0.39 is 0 Å². The molecule has 0 bridgehead atoms. The third kappa shape index (κ3) is 4.92. The van der Waals surface area contributed by atoms with Gasteiger partial charge in [-0.2, -0.15) is 11.8 Å². The van der Waals surface area contributed by atoms with E-state index in [0.29, 0.717) is 5.56 Å². The van der Waals surface area contributed by atoms with Crippen LogP contribution in [0.5, 0.6) is 0 Å². The average molecular weight is 307 g/mol. The highest BCUT2D eigenvalue weighted by Crippen LogP contribution is 2.17. The Morgan fingerprint density at radius 2 is 2.19 bits per heavy atom. The highest BCUT2D eigenvalue weighted by molar-refractivity contribution is 7.99. The first-order valence-electron chi connectivity index (χ1n) is 7.80. The number of amides is 1. The molecule has 21 heavy (non-hydrogen) atoms. The van der Waals surface area contributed by atoms with Gasteiger partial charge in [-0.3, -0.25) is 4.79 Å². The summed E-state index contributed by atoms with van der Waals surface area (Å²) < 4.78 is 0. The number of nitrogens with zero attached hydrogens (tertiary/aromatic N) is 2. The van der Waals surface area contributed by atoms with Crippen LogP contribution in [0, 0.1) is 0 Å². The molecule has 1 aliphatic heterocycles. The van der Waals surface area contributed by atoms with Gasteiger partial charge in [0.05, 0.1) is 5.56 Å². The van der Waals surface area contributed by atoms with Crippen molar-refractivity contribution in [1.82, 2.24) is 10.3 Å². The van der Waals surface area contributed by atoms with E-state index >= 15 is 0 Å². The fourth-order valence-corrected chi connectivity index (χ4v) is 3.25. The van der Waals surface area contributed by atoms with E-state index in [1.165, 1.54) is 12.8 Å². The molecule has 1 unspecified atom stereocenters. The summed E-state index contributed by atoms with van der Waals surface area (Å²) in [5.74, 6) is 3.17. The molecule has 0 saturated carbocycles. The minimum atomic E-state index is -0.0236. The zero-order chi connectivity index (χ0) is 15.1. The van der Waals surface area contributed by atoms with Gasteiger partial charge < -0.3 is 10.2 Å². The molecule has 0 spiro atoms. The first-order chi connectivity index (χ1) is 10.2. The van der Waals surface area contributed by atoms with Gasteiger partial charge in [-0.05, 0) is 49.8 Å². The smallest absolute Gasteiger partial charge is 0.253 e. The number of hydrogen-bond donors (Lipinski definition) is 1. The van der Waals surface area contributed by atoms with Crippen LogP contribution in [0.15, 0.2) is 18.3 Å². The molecule has 1 N–H and O–H groups in total. The summed E-state index contributed by atoms with van der Waals surface area (Å²) in [6.07, 6.45) is 5.16. The molecule has 0 aliphatic carbocycles. The van der Waals surface area contributed by atoms with Gasteiger partial charge in [-0.25, -0.2) is 4.98 Å². The summed E-state index contributed by atoms with van der Waals surface area (Å²) in [7, 11) is 0. The number of hydrogen-bond acceptors (Lipinski definition) is 4. The lowest BCUT2D eigenvalue weighted by Crippen LogP contribution is -2.33. The predicted molar refractivity (Wildman–Crippen MR) is 90.2 cm³/mol. The van der Waals surface area contributed by atoms with Crippen molar-refractivity contribution in [2.45, 2.75) is 39.2 Å². The van der Waals surface area contributed by atoms with Crippen LogP contribution >= 0.6 is 11.8 Å². The van der Waals surface area contributed by atoms with Crippen molar-refractivity contribution in [2.24, 2.45) is 0 Å². The molecule has 5 heteroatoms. The van der Waals surface area contributed by atoms with Gasteiger partial charge in [0.1, 0.15) is 5.82 Å². The standard InChI is InChI=1S/C16H25N3OS/c1-3-21-11-8-13(2)18-16(20)14-6-7-15(17-12-14)19-9-4-5-10-19/h6-7,12-13H,3-5,8-11H2,1-2H3,(H,18,20). The molecule has 1 fully saturated rings. The quantitative estimate of drug-likeness (QED) is 0.787. The van der Waals surface area contributed by atoms with Crippen molar-refractivity contribution >= 4 is 23.5 Å². The van der Waals surface area contributed by atoms with Crippen molar-refractivity contribution in [3.8, 4) is 0 Å². The molecule has 1 atom stereocenters. The van der Waals surface area contributed by atoms with Crippen molar-refractivity contribution in [3.63, 3.8) is 0 Å². The van der Waals surface area contributed by atoms with Crippen LogP contribution in [0.1, 0.15) is 43.5 Å². The molecule has 1 amide bonds. The first kappa shape index (κ1) is 16.1. The van der Waals surface area contributed by atoms with Crippen LogP contribution in [0.3, 0.4) is 0 Å². The average Bonchev–Trinajstić information content (AvgIpc) is 3.02. The van der Waals surface area contributed by atoms with Gasteiger partial charge in [0.2, 0.25) is 0 Å². The summed E-state index contributed by atoms with van der Waals surface area (Å²) in [6.45, 7) is 6.36. The molecule has 2 rings (SSSR count). The van der Waals surface area contributed by atoms with Crippen LogP contribution in [-0.2, 0) is 0 Å². The summed E-state index contributed by atoms with van der Waals surface area (Å²) >= 11 is 1.91. The normalized spacial score (nSPS) is 16.0. The predicted octanol–water partition coefficient (Wildman–Crippen LogP) is 2.94. The maximum atomic E-state index is 12.1. The molecule has 1 aromatic heterocycles. The van der Waals surface area contributed by atoms with Crippen LogP contribution in [0.4, 0.5) is 5.82 Å². The number of anilines is 1. The van der Waals surface area contributed by atoms with Crippen LogP contribution in [0.25, 0.3) is 0 Å². The van der Waals surface area contributed by atoms with E-state index in [9.17, 15) is 4.79 Å². The second-order valence-corrected chi connectivity index (χ2v) is 6.85. The van der Waals surface area contributed by atoms with E-state index in [2.05, 4.69) is 29.0 Å². The Morgan fingerprint density at radius 3 is 2.81 bits per heavy atom. The second kappa shape index (κ2) is 8.27. The Morgan fingerprint density at radius 1 is 1.43 bits per heavy atom. The molecule has 0 radical (unpaired) electrons. The van der Waals surface area contributed by atoms with Gasteiger partial charge in [0, 0.05) is 25.3 Å². The van der Waals surface area contributed by atoms with E-state index in [0.717, 1.165) is 36.8 Å². The summed E-state index contributed by atoms with van der Waals surface area (Å²) in [4.78, 5) is 18.8. The monoisotopic (exact) mass is 307 g/mol. The number of carbonyl (C=O) groups excluding carboxylic acids is 1. The third-order valence-electron chi connectivity index (χ3n) is 3.72. The Labute approximate surface area is 131 Å². The van der Waals surface area contributed by atoms with Crippen molar-refractivity contribution in [1.29, 1.82) is 0 Å². The van der Waals surface area contributed by atoms with Gasteiger partial charge >= 0.3 is 0 Å². The zero-order valence-electron chi connectivity index (χ0n) is 13.0. The summed E-state index contributed by atoms with van der Waals surface area (Å²) in [5.41, 5.74) is 0.646. The van der Waals surface area contributed by atoms with Crippen LogP contribution in [0.2, 0.25) is 0 Å². The van der Waals surface area contributed by atoms with E-state index in [-0.39, 0.29) is 11.9 Å². The number of thioether (sulfide) groups is 1. The topological polar surface area (TPSA) is 45.2 Å². The lowest BCUT2D eigenvalue weighted by Gasteiger charge is -2.17. The fraction of sp³-hybridized carbons (Fsp3) is 0.625. The first-order valence-corrected chi connectivity index (χ1v) is 8.95. The summed E-state index contributed by atoms with van der Waals surface area (Å²) in [5, 5.41) is 3.04. The number of nitrogens with one attached hydrogen (secondary N) is 1. The van der Waals surface area contributed by atoms with Gasteiger partial charge in [-0.15, -0.1) is 0 Å². The minimum absolute atomic E-state index is 0.0236.